The first-order chi connectivity index (χ1) is 10.9. The molecule has 5 nitrogen and oxygen atoms in total. The molecular formula is C17H14N4O. The molecule has 0 atom stereocenters. The first-order valence-electron chi connectivity index (χ1n) is 7.15. The summed E-state index contributed by atoms with van der Waals surface area (Å²) in [7, 11) is 0. The molecule has 0 fully saturated rings. The maximum absolute atomic E-state index is 9.03. The van der Waals surface area contributed by atoms with E-state index in [1.807, 2.05) is 30.5 Å². The number of benzene rings is 1. The van der Waals surface area contributed by atoms with Crippen molar-refractivity contribution >= 4 is 5.71 Å². The lowest BCUT2D eigenvalue weighted by Gasteiger charge is -2.06. The summed E-state index contributed by atoms with van der Waals surface area (Å²) in [4.78, 5) is 4.05. The molecular weight excluding hydrogens is 276 g/mol. The van der Waals surface area contributed by atoms with E-state index in [1.54, 1.807) is 12.4 Å². The second kappa shape index (κ2) is 5.11. The van der Waals surface area contributed by atoms with Crippen molar-refractivity contribution in [2.24, 2.45) is 5.16 Å². The van der Waals surface area contributed by atoms with Gasteiger partial charge in [-0.3, -0.25) is 10.1 Å². The maximum Gasteiger partial charge on any atom is 0.0873 e. The molecule has 2 heterocycles. The summed E-state index contributed by atoms with van der Waals surface area (Å²) in [5.74, 6) is 0. The number of H-pyrrole nitrogens is 1. The van der Waals surface area contributed by atoms with E-state index in [0.717, 1.165) is 46.5 Å². The van der Waals surface area contributed by atoms with Crippen molar-refractivity contribution in [2.45, 2.75) is 12.8 Å². The van der Waals surface area contributed by atoms with Crippen LogP contribution in [-0.4, -0.2) is 26.1 Å². The Morgan fingerprint density at radius 1 is 1.00 bits per heavy atom. The van der Waals surface area contributed by atoms with E-state index >= 15 is 0 Å². The van der Waals surface area contributed by atoms with Crippen LogP contribution < -0.4 is 0 Å². The van der Waals surface area contributed by atoms with Gasteiger partial charge in [0, 0.05) is 29.1 Å². The molecule has 0 spiro atoms. The van der Waals surface area contributed by atoms with Gasteiger partial charge in [-0.05, 0) is 36.1 Å². The highest BCUT2D eigenvalue weighted by Crippen LogP contribution is 2.33. The van der Waals surface area contributed by atoms with Crippen molar-refractivity contribution in [3.63, 3.8) is 0 Å². The highest BCUT2D eigenvalue weighted by Gasteiger charge is 2.19. The summed E-state index contributed by atoms with van der Waals surface area (Å²) in [6.45, 7) is 0. The number of aromatic amines is 1. The van der Waals surface area contributed by atoms with Crippen LogP contribution in [0.5, 0.6) is 0 Å². The van der Waals surface area contributed by atoms with Crippen molar-refractivity contribution in [2.75, 3.05) is 0 Å². The van der Waals surface area contributed by atoms with Crippen LogP contribution >= 0.6 is 0 Å². The fourth-order valence-electron chi connectivity index (χ4n) is 2.98. The number of nitrogens with zero attached hydrogens (tertiary/aromatic N) is 3. The molecule has 0 amide bonds. The smallest absolute Gasteiger partial charge is 0.0873 e. The second-order valence-electron chi connectivity index (χ2n) is 5.31. The maximum atomic E-state index is 9.03. The zero-order chi connectivity index (χ0) is 14.9. The van der Waals surface area contributed by atoms with Crippen LogP contribution in [0.2, 0.25) is 0 Å². The van der Waals surface area contributed by atoms with Gasteiger partial charge in [0.15, 0.2) is 0 Å². The van der Waals surface area contributed by atoms with E-state index in [2.05, 4.69) is 26.4 Å². The molecule has 2 aromatic heterocycles. The third-order valence-corrected chi connectivity index (χ3v) is 4.09. The summed E-state index contributed by atoms with van der Waals surface area (Å²) in [5.41, 5.74) is 7.23. The Morgan fingerprint density at radius 2 is 1.86 bits per heavy atom. The van der Waals surface area contributed by atoms with Crippen LogP contribution in [0, 0.1) is 0 Å². The fraction of sp³-hybridized carbons (Fsp3) is 0.118. The zero-order valence-electron chi connectivity index (χ0n) is 11.8. The van der Waals surface area contributed by atoms with Crippen molar-refractivity contribution in [1.82, 2.24) is 15.2 Å². The van der Waals surface area contributed by atoms with Gasteiger partial charge >= 0.3 is 0 Å². The van der Waals surface area contributed by atoms with Gasteiger partial charge < -0.3 is 5.21 Å². The molecule has 108 valence electrons. The fourth-order valence-corrected chi connectivity index (χ4v) is 2.98. The summed E-state index contributed by atoms with van der Waals surface area (Å²) >= 11 is 0. The van der Waals surface area contributed by atoms with E-state index in [0.29, 0.717) is 0 Å². The molecule has 0 aliphatic heterocycles. The van der Waals surface area contributed by atoms with Crippen molar-refractivity contribution in [3.8, 4) is 22.4 Å². The number of hydrogen-bond acceptors (Lipinski definition) is 4. The highest BCUT2D eigenvalue weighted by molar-refractivity contribution is 6.04. The number of oxime groups is 1. The lowest BCUT2D eigenvalue weighted by Crippen LogP contribution is -1.93. The van der Waals surface area contributed by atoms with Crippen LogP contribution in [0.4, 0.5) is 0 Å². The van der Waals surface area contributed by atoms with Gasteiger partial charge in [0.1, 0.15) is 0 Å². The van der Waals surface area contributed by atoms with Gasteiger partial charge in [-0.25, -0.2) is 0 Å². The monoisotopic (exact) mass is 290 g/mol. The molecule has 0 bridgehead atoms. The van der Waals surface area contributed by atoms with Crippen LogP contribution in [0.25, 0.3) is 22.4 Å². The van der Waals surface area contributed by atoms with E-state index < -0.39 is 0 Å². The van der Waals surface area contributed by atoms with Gasteiger partial charge in [0.05, 0.1) is 17.6 Å². The highest BCUT2D eigenvalue weighted by atomic mass is 16.4. The van der Waals surface area contributed by atoms with Crippen LogP contribution in [0.3, 0.4) is 0 Å². The summed E-state index contributed by atoms with van der Waals surface area (Å²) in [6.07, 6.45) is 7.08. The van der Waals surface area contributed by atoms with Crippen LogP contribution in [0.15, 0.2) is 54.1 Å². The molecule has 22 heavy (non-hydrogen) atoms. The molecule has 0 saturated carbocycles. The van der Waals surface area contributed by atoms with Gasteiger partial charge in [0.2, 0.25) is 0 Å². The second-order valence-corrected chi connectivity index (χ2v) is 5.31. The lowest BCUT2D eigenvalue weighted by atomic mass is 9.98. The van der Waals surface area contributed by atoms with Crippen molar-refractivity contribution in [1.29, 1.82) is 0 Å². The average Bonchev–Trinajstić information content (AvgIpc) is 3.21. The largest absolute Gasteiger partial charge is 0.411 e. The number of aromatic nitrogens is 3. The average molecular weight is 290 g/mol. The Labute approximate surface area is 127 Å². The number of rotatable bonds is 2. The Kier molecular flexibility index (Phi) is 2.96. The molecule has 5 heteroatoms. The van der Waals surface area contributed by atoms with Gasteiger partial charge in [-0.2, -0.15) is 5.10 Å². The summed E-state index contributed by atoms with van der Waals surface area (Å²) < 4.78 is 0. The normalized spacial score (nSPS) is 15.2. The van der Waals surface area contributed by atoms with Crippen molar-refractivity contribution in [3.05, 3.63) is 60.0 Å². The molecule has 0 radical (unpaired) electrons. The number of hydrogen-bond donors (Lipinski definition) is 2. The molecule has 1 aliphatic carbocycles. The minimum atomic E-state index is 0.767. The lowest BCUT2D eigenvalue weighted by molar-refractivity contribution is 0.318. The van der Waals surface area contributed by atoms with E-state index in [-0.39, 0.29) is 0 Å². The number of nitrogens with one attached hydrogen (secondary N) is 1. The van der Waals surface area contributed by atoms with Crippen LogP contribution in [-0.2, 0) is 6.42 Å². The third-order valence-electron chi connectivity index (χ3n) is 4.09. The summed E-state index contributed by atoms with van der Waals surface area (Å²) in [6, 6.07) is 10.1. The summed E-state index contributed by atoms with van der Waals surface area (Å²) in [5, 5.41) is 19.7. The van der Waals surface area contributed by atoms with Gasteiger partial charge in [-0.1, -0.05) is 23.4 Å². The Hall–Kier alpha value is -2.95. The van der Waals surface area contributed by atoms with Crippen molar-refractivity contribution < 1.29 is 5.21 Å². The zero-order valence-corrected chi connectivity index (χ0v) is 11.8. The number of pyridine rings is 1. The SMILES string of the molecule is O/N=C1\CCc2cc(-c3cn[nH]c3-c3ccncc3)ccc21. The predicted octanol–water partition coefficient (Wildman–Crippen LogP) is 3.26. The number of aryl methyl sites for hydroxylation is 1. The third kappa shape index (κ3) is 1.98. The van der Waals surface area contributed by atoms with E-state index in [9.17, 15) is 0 Å². The van der Waals surface area contributed by atoms with E-state index in [4.69, 9.17) is 5.21 Å². The molecule has 3 aromatic rings. The molecule has 1 aromatic carbocycles. The quantitative estimate of drug-likeness (QED) is 0.562. The van der Waals surface area contributed by atoms with Gasteiger partial charge in [0.25, 0.3) is 0 Å². The Morgan fingerprint density at radius 3 is 2.68 bits per heavy atom. The molecule has 0 saturated heterocycles. The van der Waals surface area contributed by atoms with Crippen LogP contribution in [0.1, 0.15) is 17.5 Å². The van der Waals surface area contributed by atoms with E-state index in [1.165, 1.54) is 5.56 Å². The molecule has 4 rings (SSSR count). The Balaban J connectivity index is 1.80. The standard InChI is InChI=1S/C17H14N4O/c22-21-16-4-2-12-9-13(1-3-14(12)16)15-10-19-20-17(15)11-5-7-18-8-6-11/h1,3,5-10,22H,2,4H2,(H,19,20)/b21-16+. The van der Waals surface area contributed by atoms with Gasteiger partial charge in [-0.15, -0.1) is 0 Å². The molecule has 2 N–H and O–H groups in total. The topological polar surface area (TPSA) is 74.2 Å². The first kappa shape index (κ1) is 12.8. The first-order valence-corrected chi connectivity index (χ1v) is 7.15. The molecule has 0 unspecified atom stereocenters. The predicted molar refractivity (Wildman–Crippen MR) is 83.9 cm³/mol. The minimum Gasteiger partial charge on any atom is -0.411 e. The Bertz CT molecular complexity index is 852. The minimum absolute atomic E-state index is 0.767. The number of fused-ring (bicyclic) bond motifs is 1. The molecule has 1 aliphatic rings.